The lowest BCUT2D eigenvalue weighted by Gasteiger charge is -2.08. The van der Waals surface area contributed by atoms with Gasteiger partial charge in [0.1, 0.15) is 0 Å². The third-order valence-corrected chi connectivity index (χ3v) is 3.02. The first-order valence-electron chi connectivity index (χ1n) is 6.50. The van der Waals surface area contributed by atoms with Gasteiger partial charge in [0.05, 0.1) is 21.9 Å². The molecule has 0 atom stereocenters. The Balaban J connectivity index is 2.20. The van der Waals surface area contributed by atoms with Gasteiger partial charge in [-0.15, -0.1) is 0 Å². The summed E-state index contributed by atoms with van der Waals surface area (Å²) in [4.78, 5) is 10.2. The van der Waals surface area contributed by atoms with Crippen molar-refractivity contribution in [1.29, 1.82) is 0 Å². The Morgan fingerprint density at radius 1 is 1.17 bits per heavy atom. The van der Waals surface area contributed by atoms with Gasteiger partial charge in [-0.2, -0.15) is 18.3 Å². The third-order valence-electron chi connectivity index (χ3n) is 3.02. The molecule has 0 spiro atoms. The molecule has 0 aliphatic carbocycles. The molecule has 2 rings (SSSR count). The number of alkyl halides is 3. The molecule has 0 radical (unpaired) electrons. The van der Waals surface area contributed by atoms with E-state index in [4.69, 9.17) is 0 Å². The zero-order chi connectivity index (χ0) is 17.0. The van der Waals surface area contributed by atoms with Crippen molar-refractivity contribution in [2.75, 3.05) is 5.43 Å². The van der Waals surface area contributed by atoms with Crippen LogP contribution in [0.3, 0.4) is 0 Å². The van der Waals surface area contributed by atoms with Crippen LogP contribution in [0.2, 0.25) is 0 Å². The number of rotatable bonds is 4. The second kappa shape index (κ2) is 6.47. The van der Waals surface area contributed by atoms with Crippen molar-refractivity contribution < 1.29 is 18.1 Å². The van der Waals surface area contributed by atoms with Gasteiger partial charge < -0.3 is 0 Å². The molecular formula is C15H12F3N3O2. The fourth-order valence-electron chi connectivity index (χ4n) is 1.82. The molecule has 0 fully saturated rings. The minimum absolute atomic E-state index is 0.0869. The van der Waals surface area contributed by atoms with Gasteiger partial charge in [-0.25, -0.2) is 0 Å². The molecule has 2 aromatic rings. The Kier molecular flexibility index (Phi) is 4.63. The highest BCUT2D eigenvalue weighted by Gasteiger charge is 2.30. The van der Waals surface area contributed by atoms with E-state index in [9.17, 15) is 23.3 Å². The van der Waals surface area contributed by atoms with Crippen molar-refractivity contribution in [2.24, 2.45) is 5.10 Å². The third kappa shape index (κ3) is 4.29. The van der Waals surface area contributed by atoms with Crippen LogP contribution in [-0.2, 0) is 6.18 Å². The van der Waals surface area contributed by atoms with Crippen molar-refractivity contribution in [1.82, 2.24) is 0 Å². The van der Waals surface area contributed by atoms with Gasteiger partial charge in [-0.1, -0.05) is 18.2 Å². The van der Waals surface area contributed by atoms with Crippen LogP contribution in [0.25, 0.3) is 0 Å². The van der Waals surface area contributed by atoms with Gasteiger partial charge in [-0.3, -0.25) is 15.5 Å². The summed E-state index contributed by atoms with van der Waals surface area (Å²) < 4.78 is 37.9. The standard InChI is InChI=1S/C15H12F3N3O2/c1-10(11-4-2-7-14(8-11)21(22)23)19-20-13-6-3-5-12(9-13)15(16,17)18/h2-9,20H,1H3/b19-10-. The minimum atomic E-state index is -4.43. The summed E-state index contributed by atoms with van der Waals surface area (Å²) in [7, 11) is 0. The highest BCUT2D eigenvalue weighted by atomic mass is 19.4. The number of benzene rings is 2. The molecule has 0 heterocycles. The molecule has 5 nitrogen and oxygen atoms in total. The number of hydrogen-bond acceptors (Lipinski definition) is 4. The van der Waals surface area contributed by atoms with Crippen molar-refractivity contribution >= 4 is 17.1 Å². The Labute approximate surface area is 129 Å². The van der Waals surface area contributed by atoms with Crippen LogP contribution in [0, 0.1) is 10.1 Å². The van der Waals surface area contributed by atoms with Gasteiger partial charge >= 0.3 is 6.18 Å². The molecule has 8 heteroatoms. The summed E-state index contributed by atoms with van der Waals surface area (Å²) in [6.45, 7) is 1.60. The highest BCUT2D eigenvalue weighted by Crippen LogP contribution is 2.30. The fourth-order valence-corrected chi connectivity index (χ4v) is 1.82. The monoisotopic (exact) mass is 323 g/mol. The second-order valence-corrected chi connectivity index (χ2v) is 4.70. The summed E-state index contributed by atoms with van der Waals surface area (Å²) in [5.74, 6) is 0. The number of nitrogens with one attached hydrogen (secondary N) is 1. The number of anilines is 1. The summed E-state index contributed by atoms with van der Waals surface area (Å²) >= 11 is 0. The summed E-state index contributed by atoms with van der Waals surface area (Å²) in [6, 6.07) is 10.4. The molecule has 0 aliphatic rings. The Bertz CT molecular complexity index is 758. The van der Waals surface area contributed by atoms with E-state index in [1.165, 1.54) is 30.3 Å². The SMILES string of the molecule is C/C(=N/Nc1cccc(C(F)(F)F)c1)c1cccc([N+](=O)[O-])c1. The van der Waals surface area contributed by atoms with Crippen molar-refractivity contribution in [2.45, 2.75) is 13.1 Å². The Hall–Kier alpha value is -2.90. The molecule has 120 valence electrons. The van der Waals surface area contributed by atoms with Crippen LogP contribution < -0.4 is 5.43 Å². The van der Waals surface area contributed by atoms with E-state index in [1.54, 1.807) is 13.0 Å². The van der Waals surface area contributed by atoms with Gasteiger partial charge in [0.25, 0.3) is 5.69 Å². The first-order chi connectivity index (χ1) is 10.8. The van der Waals surface area contributed by atoms with E-state index in [0.29, 0.717) is 11.3 Å². The number of hydrogen-bond donors (Lipinski definition) is 1. The van der Waals surface area contributed by atoms with Crippen LogP contribution >= 0.6 is 0 Å². The summed E-state index contributed by atoms with van der Waals surface area (Å²) in [5.41, 5.74) is 2.73. The number of non-ortho nitro benzene ring substituents is 1. The van der Waals surface area contributed by atoms with E-state index in [1.807, 2.05) is 0 Å². The molecule has 0 amide bonds. The van der Waals surface area contributed by atoms with E-state index >= 15 is 0 Å². The Morgan fingerprint density at radius 2 is 1.87 bits per heavy atom. The molecule has 0 unspecified atom stereocenters. The average Bonchev–Trinajstić information content (AvgIpc) is 2.52. The molecule has 0 aliphatic heterocycles. The van der Waals surface area contributed by atoms with Crippen LogP contribution in [0.4, 0.5) is 24.5 Å². The Morgan fingerprint density at radius 3 is 2.52 bits per heavy atom. The number of hydrazone groups is 1. The highest BCUT2D eigenvalue weighted by molar-refractivity contribution is 5.99. The van der Waals surface area contributed by atoms with Crippen LogP contribution in [0.5, 0.6) is 0 Å². The van der Waals surface area contributed by atoms with Crippen molar-refractivity contribution in [3.05, 3.63) is 69.8 Å². The molecule has 0 saturated carbocycles. The minimum Gasteiger partial charge on any atom is -0.278 e. The van der Waals surface area contributed by atoms with Crippen LogP contribution in [-0.4, -0.2) is 10.6 Å². The normalized spacial score (nSPS) is 12.1. The molecular weight excluding hydrogens is 311 g/mol. The van der Waals surface area contributed by atoms with E-state index in [0.717, 1.165) is 12.1 Å². The number of nitro benzene ring substituents is 1. The van der Waals surface area contributed by atoms with Gasteiger partial charge in [0.15, 0.2) is 0 Å². The zero-order valence-corrected chi connectivity index (χ0v) is 12.0. The molecule has 0 saturated heterocycles. The fraction of sp³-hybridized carbons (Fsp3) is 0.133. The topological polar surface area (TPSA) is 67.5 Å². The van der Waals surface area contributed by atoms with E-state index < -0.39 is 16.7 Å². The quantitative estimate of drug-likeness (QED) is 0.513. The van der Waals surface area contributed by atoms with Crippen molar-refractivity contribution in [3.63, 3.8) is 0 Å². The number of nitrogens with zero attached hydrogens (tertiary/aromatic N) is 2. The second-order valence-electron chi connectivity index (χ2n) is 4.70. The molecule has 0 aromatic heterocycles. The smallest absolute Gasteiger partial charge is 0.278 e. The first-order valence-corrected chi connectivity index (χ1v) is 6.50. The number of nitro groups is 1. The van der Waals surface area contributed by atoms with Crippen LogP contribution in [0.1, 0.15) is 18.1 Å². The predicted molar refractivity (Wildman–Crippen MR) is 80.4 cm³/mol. The largest absolute Gasteiger partial charge is 0.416 e. The molecule has 2 aromatic carbocycles. The molecule has 0 bridgehead atoms. The molecule has 23 heavy (non-hydrogen) atoms. The maximum absolute atomic E-state index is 12.6. The predicted octanol–water partition coefficient (Wildman–Crippen LogP) is 4.45. The lowest BCUT2D eigenvalue weighted by molar-refractivity contribution is -0.384. The average molecular weight is 323 g/mol. The zero-order valence-electron chi connectivity index (χ0n) is 12.0. The first kappa shape index (κ1) is 16.5. The molecule has 1 N–H and O–H groups in total. The maximum Gasteiger partial charge on any atom is 0.416 e. The summed E-state index contributed by atoms with van der Waals surface area (Å²) in [5, 5.41) is 14.7. The lowest BCUT2D eigenvalue weighted by atomic mass is 10.1. The lowest BCUT2D eigenvalue weighted by Crippen LogP contribution is -2.05. The van der Waals surface area contributed by atoms with Crippen molar-refractivity contribution in [3.8, 4) is 0 Å². The van der Waals surface area contributed by atoms with Gasteiger partial charge in [0.2, 0.25) is 0 Å². The van der Waals surface area contributed by atoms with Crippen LogP contribution in [0.15, 0.2) is 53.6 Å². The van der Waals surface area contributed by atoms with Gasteiger partial charge in [-0.05, 0) is 25.1 Å². The van der Waals surface area contributed by atoms with Gasteiger partial charge in [0, 0.05) is 17.7 Å². The van der Waals surface area contributed by atoms with E-state index in [-0.39, 0.29) is 11.4 Å². The summed E-state index contributed by atoms with van der Waals surface area (Å²) in [6.07, 6.45) is -4.43. The van der Waals surface area contributed by atoms with E-state index in [2.05, 4.69) is 10.5 Å². The number of halogens is 3. The maximum atomic E-state index is 12.6.